The summed E-state index contributed by atoms with van der Waals surface area (Å²) >= 11 is 0. The third kappa shape index (κ3) is 2.76. The Kier molecular flexibility index (Phi) is 4.13. The summed E-state index contributed by atoms with van der Waals surface area (Å²) in [6.45, 7) is 5.65. The second-order valence-electron chi connectivity index (χ2n) is 6.27. The molecule has 3 atom stereocenters. The normalized spacial score (nSPS) is 28.3. The van der Waals surface area contributed by atoms with E-state index in [1.165, 1.54) is 25.7 Å². The van der Waals surface area contributed by atoms with Crippen molar-refractivity contribution < 1.29 is 9.53 Å². The topological polar surface area (TPSA) is 42.4 Å². The molecule has 1 aromatic rings. The van der Waals surface area contributed by atoms with Crippen LogP contribution in [0, 0.1) is 11.8 Å². The van der Waals surface area contributed by atoms with Crippen LogP contribution in [0.3, 0.4) is 0 Å². The lowest BCUT2D eigenvalue weighted by atomic mass is 9.80. The molecule has 1 saturated carbocycles. The SMILES string of the molecule is CCOC(=O)c1ccc(N2CC(C)C3CCCCC32)nc1. The van der Waals surface area contributed by atoms with E-state index in [0.717, 1.165) is 24.2 Å². The first-order valence-corrected chi connectivity index (χ1v) is 8.10. The van der Waals surface area contributed by atoms with Crippen molar-refractivity contribution in [1.82, 2.24) is 4.98 Å². The number of carbonyl (C=O) groups is 1. The Morgan fingerprint density at radius 1 is 1.38 bits per heavy atom. The van der Waals surface area contributed by atoms with E-state index in [9.17, 15) is 4.79 Å². The molecule has 0 bridgehead atoms. The Labute approximate surface area is 126 Å². The molecule has 4 nitrogen and oxygen atoms in total. The van der Waals surface area contributed by atoms with Gasteiger partial charge in [-0.05, 0) is 43.7 Å². The number of aromatic nitrogens is 1. The number of anilines is 1. The summed E-state index contributed by atoms with van der Waals surface area (Å²) in [6.07, 6.45) is 6.97. The smallest absolute Gasteiger partial charge is 0.339 e. The van der Waals surface area contributed by atoms with Crippen molar-refractivity contribution >= 4 is 11.8 Å². The number of carbonyl (C=O) groups excluding carboxylic acids is 1. The summed E-state index contributed by atoms with van der Waals surface area (Å²) < 4.78 is 5.00. The monoisotopic (exact) mass is 288 g/mol. The van der Waals surface area contributed by atoms with Crippen LogP contribution in [-0.2, 0) is 4.74 Å². The maximum Gasteiger partial charge on any atom is 0.339 e. The highest BCUT2D eigenvalue weighted by Gasteiger charge is 2.40. The molecule has 1 aromatic heterocycles. The van der Waals surface area contributed by atoms with Gasteiger partial charge in [0.15, 0.2) is 0 Å². The molecule has 2 fully saturated rings. The van der Waals surface area contributed by atoms with E-state index in [1.54, 1.807) is 6.20 Å². The van der Waals surface area contributed by atoms with Crippen molar-refractivity contribution in [2.24, 2.45) is 11.8 Å². The van der Waals surface area contributed by atoms with Gasteiger partial charge in [-0.15, -0.1) is 0 Å². The predicted molar refractivity (Wildman–Crippen MR) is 82.4 cm³/mol. The molecule has 3 unspecified atom stereocenters. The third-order valence-electron chi connectivity index (χ3n) is 4.95. The number of rotatable bonds is 3. The quantitative estimate of drug-likeness (QED) is 0.801. The van der Waals surface area contributed by atoms with E-state index in [2.05, 4.69) is 16.8 Å². The molecular weight excluding hydrogens is 264 g/mol. The highest BCUT2D eigenvalue weighted by Crippen LogP contribution is 2.41. The molecule has 1 saturated heterocycles. The van der Waals surface area contributed by atoms with Crippen molar-refractivity contribution in [2.75, 3.05) is 18.1 Å². The van der Waals surface area contributed by atoms with Crippen molar-refractivity contribution in [2.45, 2.75) is 45.6 Å². The van der Waals surface area contributed by atoms with Gasteiger partial charge in [-0.3, -0.25) is 0 Å². The van der Waals surface area contributed by atoms with Crippen molar-refractivity contribution in [3.8, 4) is 0 Å². The molecule has 21 heavy (non-hydrogen) atoms. The molecular formula is C17H24N2O2. The van der Waals surface area contributed by atoms with Gasteiger partial charge in [0.05, 0.1) is 12.2 Å². The van der Waals surface area contributed by atoms with Gasteiger partial charge in [-0.2, -0.15) is 0 Å². The van der Waals surface area contributed by atoms with Crippen LogP contribution >= 0.6 is 0 Å². The van der Waals surface area contributed by atoms with Crippen LogP contribution < -0.4 is 4.90 Å². The van der Waals surface area contributed by atoms with Crippen molar-refractivity contribution in [1.29, 1.82) is 0 Å². The maximum atomic E-state index is 11.7. The number of ether oxygens (including phenoxy) is 1. The van der Waals surface area contributed by atoms with Gasteiger partial charge in [0.25, 0.3) is 0 Å². The molecule has 2 heterocycles. The van der Waals surface area contributed by atoms with Gasteiger partial charge in [0.1, 0.15) is 5.82 Å². The minimum Gasteiger partial charge on any atom is -0.462 e. The van der Waals surface area contributed by atoms with E-state index < -0.39 is 0 Å². The first-order valence-electron chi connectivity index (χ1n) is 8.10. The van der Waals surface area contributed by atoms with Crippen LogP contribution in [0.25, 0.3) is 0 Å². The minimum absolute atomic E-state index is 0.290. The molecule has 4 heteroatoms. The summed E-state index contributed by atoms with van der Waals surface area (Å²) in [6, 6.07) is 4.44. The second-order valence-corrected chi connectivity index (χ2v) is 6.27. The fraction of sp³-hybridized carbons (Fsp3) is 0.647. The van der Waals surface area contributed by atoms with Crippen LogP contribution in [0.4, 0.5) is 5.82 Å². The van der Waals surface area contributed by atoms with Gasteiger partial charge in [0.2, 0.25) is 0 Å². The summed E-state index contributed by atoms with van der Waals surface area (Å²) in [7, 11) is 0. The van der Waals surface area contributed by atoms with Crippen LogP contribution in [-0.4, -0.2) is 30.1 Å². The largest absolute Gasteiger partial charge is 0.462 e. The average Bonchev–Trinajstić information content (AvgIpc) is 2.85. The molecule has 0 N–H and O–H groups in total. The predicted octanol–water partition coefficient (Wildman–Crippen LogP) is 3.27. The summed E-state index contributed by atoms with van der Waals surface area (Å²) in [5.41, 5.74) is 0.535. The first kappa shape index (κ1) is 14.4. The van der Waals surface area contributed by atoms with Crippen molar-refractivity contribution in [3.05, 3.63) is 23.9 Å². The zero-order chi connectivity index (χ0) is 14.8. The highest BCUT2D eigenvalue weighted by molar-refractivity contribution is 5.89. The lowest BCUT2D eigenvalue weighted by Gasteiger charge is -2.32. The fourth-order valence-electron chi connectivity index (χ4n) is 3.93. The molecule has 2 aliphatic rings. The maximum absolute atomic E-state index is 11.7. The number of nitrogens with zero attached hydrogens (tertiary/aromatic N) is 2. The summed E-state index contributed by atoms with van der Waals surface area (Å²) in [5, 5.41) is 0. The van der Waals surface area contributed by atoms with Crippen LogP contribution in [0.15, 0.2) is 18.3 Å². The Morgan fingerprint density at radius 2 is 2.19 bits per heavy atom. The standard InChI is InChI=1S/C17H24N2O2/c1-3-21-17(20)13-8-9-16(18-10-13)19-11-12(2)14-6-4-5-7-15(14)19/h8-10,12,14-15H,3-7,11H2,1-2H3. The fourth-order valence-corrected chi connectivity index (χ4v) is 3.93. The van der Waals surface area contributed by atoms with Gasteiger partial charge in [0, 0.05) is 18.8 Å². The van der Waals surface area contributed by atoms with Crippen LogP contribution in [0.5, 0.6) is 0 Å². The number of hydrogen-bond acceptors (Lipinski definition) is 4. The number of hydrogen-bond donors (Lipinski definition) is 0. The molecule has 3 rings (SSSR count). The molecule has 1 aliphatic carbocycles. The Bertz CT molecular complexity index is 500. The van der Waals surface area contributed by atoms with Gasteiger partial charge < -0.3 is 9.64 Å². The van der Waals surface area contributed by atoms with Gasteiger partial charge in [-0.25, -0.2) is 9.78 Å². The first-order chi connectivity index (χ1) is 10.2. The lowest BCUT2D eigenvalue weighted by molar-refractivity contribution is 0.0526. The van der Waals surface area contributed by atoms with E-state index in [1.807, 2.05) is 19.1 Å². The summed E-state index contributed by atoms with van der Waals surface area (Å²) in [4.78, 5) is 18.6. The molecule has 0 aromatic carbocycles. The van der Waals surface area contributed by atoms with Crippen LogP contribution in [0.2, 0.25) is 0 Å². The number of esters is 1. The van der Waals surface area contributed by atoms with E-state index in [-0.39, 0.29) is 5.97 Å². The average molecular weight is 288 g/mol. The van der Waals surface area contributed by atoms with Crippen molar-refractivity contribution in [3.63, 3.8) is 0 Å². The minimum atomic E-state index is -0.290. The molecule has 0 amide bonds. The third-order valence-corrected chi connectivity index (χ3v) is 4.95. The lowest BCUT2D eigenvalue weighted by Crippen LogP contribution is -2.35. The molecule has 0 spiro atoms. The van der Waals surface area contributed by atoms with Gasteiger partial charge in [-0.1, -0.05) is 19.8 Å². The second kappa shape index (κ2) is 6.04. The highest BCUT2D eigenvalue weighted by atomic mass is 16.5. The Hall–Kier alpha value is -1.58. The zero-order valence-electron chi connectivity index (χ0n) is 12.9. The van der Waals surface area contributed by atoms with Crippen LogP contribution in [0.1, 0.15) is 49.9 Å². The summed E-state index contributed by atoms with van der Waals surface area (Å²) in [5.74, 6) is 2.26. The Balaban J connectivity index is 1.76. The molecule has 1 aliphatic heterocycles. The van der Waals surface area contributed by atoms with Gasteiger partial charge >= 0.3 is 5.97 Å². The number of fused-ring (bicyclic) bond motifs is 1. The zero-order valence-corrected chi connectivity index (χ0v) is 12.9. The molecule has 0 radical (unpaired) electrons. The van der Waals surface area contributed by atoms with E-state index >= 15 is 0 Å². The Morgan fingerprint density at radius 3 is 2.90 bits per heavy atom. The number of pyridine rings is 1. The van der Waals surface area contributed by atoms with E-state index in [4.69, 9.17) is 4.74 Å². The molecule has 114 valence electrons. The van der Waals surface area contributed by atoms with E-state index in [0.29, 0.717) is 18.2 Å².